The van der Waals surface area contributed by atoms with Gasteiger partial charge in [0.05, 0.1) is 18.2 Å². The van der Waals surface area contributed by atoms with E-state index in [1.165, 1.54) is 6.42 Å². The van der Waals surface area contributed by atoms with Gasteiger partial charge in [0.1, 0.15) is 12.4 Å². The fourth-order valence-electron chi connectivity index (χ4n) is 5.81. The molecule has 222 valence electrons. The van der Waals surface area contributed by atoms with Crippen LogP contribution in [0.1, 0.15) is 107 Å². The molecular formula is C31H59NO5Si. The van der Waals surface area contributed by atoms with Crippen molar-refractivity contribution >= 4 is 14.4 Å². The topological polar surface area (TPSA) is 57.2 Å². The summed E-state index contributed by atoms with van der Waals surface area (Å²) < 4.78 is 24.0. The molecule has 7 heteroatoms. The molecule has 0 spiro atoms. The number of hydrogen-bond acceptors (Lipinski definition) is 5. The summed E-state index contributed by atoms with van der Waals surface area (Å²) >= 11 is 0. The Bertz CT molecular complexity index is 756. The van der Waals surface area contributed by atoms with Gasteiger partial charge in [0.15, 0.2) is 8.32 Å². The van der Waals surface area contributed by atoms with E-state index in [2.05, 4.69) is 64.8 Å². The Hall–Kier alpha value is -0.893. The molecule has 0 aromatic heterocycles. The number of likely N-dealkylation sites (tertiary alicyclic amines) is 1. The van der Waals surface area contributed by atoms with E-state index >= 15 is 0 Å². The molecule has 0 radical (unpaired) electrons. The highest BCUT2D eigenvalue weighted by molar-refractivity contribution is 6.74. The second kappa shape index (κ2) is 14.1. The van der Waals surface area contributed by atoms with Crippen molar-refractivity contribution in [2.75, 3.05) is 13.9 Å². The van der Waals surface area contributed by atoms with Gasteiger partial charge in [-0.05, 0) is 96.2 Å². The predicted octanol–water partition coefficient (Wildman–Crippen LogP) is 8.32. The quantitative estimate of drug-likeness (QED) is 0.146. The first-order valence-corrected chi connectivity index (χ1v) is 18.0. The van der Waals surface area contributed by atoms with E-state index in [1.807, 2.05) is 20.8 Å². The number of piperidine rings is 1. The molecule has 1 saturated heterocycles. The van der Waals surface area contributed by atoms with Crippen LogP contribution < -0.4 is 0 Å². The van der Waals surface area contributed by atoms with Crippen molar-refractivity contribution in [3.8, 4) is 0 Å². The Kier molecular flexibility index (Phi) is 12.4. The molecule has 2 fully saturated rings. The number of fused-ring (bicyclic) bond motifs is 1. The van der Waals surface area contributed by atoms with E-state index in [4.69, 9.17) is 18.6 Å². The normalized spacial score (nSPS) is 27.9. The number of nitrogens with zero attached hydrogens (tertiary/aromatic N) is 1. The van der Waals surface area contributed by atoms with Gasteiger partial charge in [0.2, 0.25) is 0 Å². The second-order valence-corrected chi connectivity index (χ2v) is 18.9. The molecule has 6 atom stereocenters. The van der Waals surface area contributed by atoms with E-state index in [0.717, 1.165) is 44.9 Å². The molecule has 0 N–H and O–H groups in total. The zero-order valence-electron chi connectivity index (χ0n) is 26.5. The number of ether oxygens (including phenoxy) is 3. The highest BCUT2D eigenvalue weighted by Gasteiger charge is 2.50. The number of carbonyl (C=O) groups excluding carboxylic acids is 1. The number of methoxy groups -OCH3 is 1. The molecule has 2 rings (SSSR count). The molecule has 38 heavy (non-hydrogen) atoms. The van der Waals surface area contributed by atoms with Crippen LogP contribution in [0, 0.1) is 11.8 Å². The van der Waals surface area contributed by atoms with Crippen molar-refractivity contribution in [2.45, 2.75) is 155 Å². The van der Waals surface area contributed by atoms with E-state index in [1.54, 1.807) is 7.11 Å². The SMILES string of the molecule is CCC[C@@H](CC/C=C/[C@@H]1CCC[C@H]2[C@@H]1C[C@@H](O[Si](C)(C)C(C)(C)C)[C@H](C)N2C(=O)OC(C)(C)C)OCOC. The van der Waals surface area contributed by atoms with Crippen LogP contribution in [0.15, 0.2) is 12.2 Å². The summed E-state index contributed by atoms with van der Waals surface area (Å²) in [5, 5.41) is 0.117. The summed E-state index contributed by atoms with van der Waals surface area (Å²) in [7, 11) is -0.331. The van der Waals surface area contributed by atoms with Crippen molar-refractivity contribution in [1.29, 1.82) is 0 Å². The van der Waals surface area contributed by atoms with Crippen molar-refractivity contribution < 1.29 is 23.4 Å². The Morgan fingerprint density at radius 2 is 1.79 bits per heavy atom. The predicted molar refractivity (Wildman–Crippen MR) is 159 cm³/mol. The molecule has 0 bridgehead atoms. The van der Waals surface area contributed by atoms with Crippen LogP contribution in [0.25, 0.3) is 0 Å². The van der Waals surface area contributed by atoms with Gasteiger partial charge < -0.3 is 18.6 Å². The molecule has 1 saturated carbocycles. The maximum absolute atomic E-state index is 13.6. The number of hydrogen-bond donors (Lipinski definition) is 0. The largest absolute Gasteiger partial charge is 0.444 e. The second-order valence-electron chi connectivity index (χ2n) is 14.1. The van der Waals surface area contributed by atoms with Crippen LogP contribution >= 0.6 is 0 Å². The number of allylic oxidation sites excluding steroid dienone is 2. The van der Waals surface area contributed by atoms with Crippen LogP contribution in [0.5, 0.6) is 0 Å². The average molecular weight is 554 g/mol. The first kappa shape index (κ1) is 33.3. The van der Waals surface area contributed by atoms with Crippen molar-refractivity contribution in [1.82, 2.24) is 4.90 Å². The molecule has 0 aromatic rings. The summed E-state index contributed by atoms with van der Waals surface area (Å²) in [5.74, 6) is 0.830. The molecule has 0 aromatic carbocycles. The first-order chi connectivity index (χ1) is 17.6. The van der Waals surface area contributed by atoms with Gasteiger partial charge in [0, 0.05) is 13.2 Å². The maximum atomic E-state index is 13.6. The minimum Gasteiger partial charge on any atom is -0.444 e. The van der Waals surface area contributed by atoms with Gasteiger partial charge in [-0.15, -0.1) is 0 Å². The summed E-state index contributed by atoms with van der Waals surface area (Å²) in [6, 6.07) is 0.191. The van der Waals surface area contributed by atoms with Crippen LogP contribution in [0.3, 0.4) is 0 Å². The zero-order valence-corrected chi connectivity index (χ0v) is 27.5. The van der Waals surface area contributed by atoms with Gasteiger partial charge in [0.25, 0.3) is 0 Å². The summed E-state index contributed by atoms with van der Waals surface area (Å²) in [6.07, 6.45) is 13.4. The van der Waals surface area contributed by atoms with E-state index < -0.39 is 13.9 Å². The van der Waals surface area contributed by atoms with Crippen LogP contribution in [-0.2, 0) is 18.6 Å². The smallest absolute Gasteiger partial charge is 0.410 e. The van der Waals surface area contributed by atoms with Crippen LogP contribution in [0.2, 0.25) is 18.1 Å². The lowest BCUT2D eigenvalue weighted by Gasteiger charge is -2.54. The summed E-state index contributed by atoms with van der Waals surface area (Å²) in [6.45, 7) is 22.1. The third kappa shape index (κ3) is 9.35. The fourth-order valence-corrected chi connectivity index (χ4v) is 7.21. The van der Waals surface area contributed by atoms with Crippen LogP contribution in [0.4, 0.5) is 4.79 Å². The summed E-state index contributed by atoms with van der Waals surface area (Å²) in [5.41, 5.74) is -0.520. The van der Waals surface area contributed by atoms with Crippen molar-refractivity contribution in [3.63, 3.8) is 0 Å². The Labute approximate surface area is 235 Å². The van der Waals surface area contributed by atoms with E-state index in [0.29, 0.717) is 18.6 Å². The van der Waals surface area contributed by atoms with Gasteiger partial charge >= 0.3 is 6.09 Å². The van der Waals surface area contributed by atoms with E-state index in [-0.39, 0.29) is 35.4 Å². The summed E-state index contributed by atoms with van der Waals surface area (Å²) in [4.78, 5) is 15.7. The van der Waals surface area contributed by atoms with Gasteiger partial charge in [-0.25, -0.2) is 4.79 Å². The van der Waals surface area contributed by atoms with Gasteiger partial charge in [-0.1, -0.05) is 52.7 Å². The fraction of sp³-hybridized carbons (Fsp3) is 0.903. The molecule has 6 nitrogen and oxygen atoms in total. The molecule has 0 unspecified atom stereocenters. The molecule has 2 aliphatic rings. The van der Waals surface area contributed by atoms with E-state index in [9.17, 15) is 4.79 Å². The third-order valence-electron chi connectivity index (χ3n) is 8.85. The zero-order chi connectivity index (χ0) is 28.7. The molecule has 1 heterocycles. The van der Waals surface area contributed by atoms with Crippen molar-refractivity contribution in [3.05, 3.63) is 12.2 Å². The Morgan fingerprint density at radius 1 is 1.11 bits per heavy atom. The lowest BCUT2D eigenvalue weighted by atomic mass is 9.69. The van der Waals surface area contributed by atoms with Gasteiger partial charge in [-0.3, -0.25) is 4.90 Å². The highest BCUT2D eigenvalue weighted by atomic mass is 28.4. The molecule has 1 aliphatic carbocycles. The molecule has 1 aliphatic heterocycles. The third-order valence-corrected chi connectivity index (χ3v) is 13.4. The lowest BCUT2D eigenvalue weighted by molar-refractivity contribution is -0.0763. The first-order valence-electron chi connectivity index (χ1n) is 15.1. The molecule has 1 amide bonds. The van der Waals surface area contributed by atoms with Crippen molar-refractivity contribution in [2.24, 2.45) is 11.8 Å². The Morgan fingerprint density at radius 3 is 2.37 bits per heavy atom. The average Bonchev–Trinajstić information content (AvgIpc) is 2.78. The number of amides is 1. The molecular weight excluding hydrogens is 494 g/mol. The number of rotatable bonds is 11. The standard InChI is InChI=1S/C31H59NO5Si/c1-12-16-25(35-22-34-9)19-14-13-17-24-18-15-20-27-26(24)21-28(37-38(10,11)31(6,7)8)23(2)32(27)29(33)36-30(3,4)5/h13,17,23-28H,12,14-16,18-22H2,1-11H3/b17-13+/t23-,24+,25-,26+,27-,28+/m0/s1. The Balaban J connectivity index is 2.25. The lowest BCUT2D eigenvalue weighted by Crippen LogP contribution is -2.63. The number of carbonyl (C=O) groups is 1. The van der Waals surface area contributed by atoms with Crippen LogP contribution in [-0.4, -0.2) is 63.1 Å². The monoisotopic (exact) mass is 553 g/mol. The maximum Gasteiger partial charge on any atom is 0.410 e. The van der Waals surface area contributed by atoms with Gasteiger partial charge in [-0.2, -0.15) is 0 Å². The highest BCUT2D eigenvalue weighted by Crippen LogP contribution is 2.46. The minimum atomic E-state index is -2.01. The minimum absolute atomic E-state index is 0.00399.